The van der Waals surface area contributed by atoms with E-state index in [-0.39, 0.29) is 17.4 Å². The van der Waals surface area contributed by atoms with Crippen LogP contribution in [0, 0.1) is 0 Å². The number of rotatable bonds is 4. The Morgan fingerprint density at radius 1 is 1.35 bits per heavy atom. The van der Waals surface area contributed by atoms with Crippen molar-refractivity contribution < 1.29 is 9.90 Å². The largest absolute Gasteiger partial charge is 0.494 e. The number of aliphatic hydroxyl groups excluding tert-OH is 1. The summed E-state index contributed by atoms with van der Waals surface area (Å²) in [5.41, 5.74) is 1.66. The second-order valence-corrected chi connectivity index (χ2v) is 5.78. The molecule has 3 rings (SSSR count). The lowest BCUT2D eigenvalue weighted by Crippen LogP contribution is -2.49. The molecule has 0 bridgehead atoms. The van der Waals surface area contributed by atoms with Crippen LogP contribution in [-0.2, 0) is 11.2 Å². The monoisotopic (exact) mass is 330 g/mol. The minimum Gasteiger partial charge on any atom is -0.494 e. The summed E-state index contributed by atoms with van der Waals surface area (Å²) < 4.78 is 1.65. The van der Waals surface area contributed by atoms with Crippen LogP contribution >= 0.6 is 12.6 Å². The highest BCUT2D eigenvalue weighted by molar-refractivity contribution is 7.80. The number of amides is 1. The number of nitrogens with zero attached hydrogens (tertiary/aromatic N) is 2. The Morgan fingerprint density at radius 3 is 2.65 bits per heavy atom. The number of hydrogen-bond acceptors (Lipinski definition) is 5. The van der Waals surface area contributed by atoms with Crippen molar-refractivity contribution in [2.75, 3.05) is 0 Å². The first-order valence-electron chi connectivity index (χ1n) is 7.36. The normalized spacial score (nSPS) is 19.2. The van der Waals surface area contributed by atoms with Crippen LogP contribution in [0.25, 0.3) is 0 Å². The molecule has 0 unspecified atom stereocenters. The minimum absolute atomic E-state index is 0.186. The number of hydrogen-bond donors (Lipinski definition) is 4. The molecule has 0 spiro atoms. The van der Waals surface area contributed by atoms with Crippen molar-refractivity contribution in [3.8, 4) is 0 Å². The van der Waals surface area contributed by atoms with E-state index in [0.717, 1.165) is 12.0 Å². The Bertz CT molecular complexity index is 725. The zero-order valence-electron chi connectivity index (χ0n) is 12.6. The quantitative estimate of drug-likeness (QED) is 0.644. The van der Waals surface area contributed by atoms with Crippen LogP contribution in [0.2, 0.25) is 0 Å². The van der Waals surface area contributed by atoms with Gasteiger partial charge in [-0.25, -0.2) is 0 Å². The smallest absolute Gasteiger partial charge is 0.257 e. The molecule has 1 aromatic heterocycles. The predicted molar refractivity (Wildman–Crippen MR) is 89.9 cm³/mol. The second kappa shape index (κ2) is 6.37. The summed E-state index contributed by atoms with van der Waals surface area (Å²) in [6, 6.07) is 9.18. The topological polar surface area (TPSA) is 79.2 Å². The van der Waals surface area contributed by atoms with Crippen LogP contribution in [0.4, 0.5) is 0 Å². The Balaban J connectivity index is 2.09. The van der Waals surface area contributed by atoms with Gasteiger partial charge < -0.3 is 15.7 Å². The minimum atomic E-state index is -0.619. The number of thiol groups is 1. The van der Waals surface area contributed by atoms with Crippen molar-refractivity contribution in [1.82, 2.24) is 20.4 Å². The molecule has 3 N–H and O–H groups in total. The summed E-state index contributed by atoms with van der Waals surface area (Å²) in [5, 5.41) is 19.9. The molecule has 6 nitrogen and oxygen atoms in total. The summed E-state index contributed by atoms with van der Waals surface area (Å²) in [6.07, 6.45) is 4.34. The fourth-order valence-electron chi connectivity index (χ4n) is 2.63. The average molecular weight is 330 g/mol. The Labute approximate surface area is 139 Å². The number of aliphatic hydroxyl groups is 1. The Hall–Kier alpha value is -2.41. The zero-order chi connectivity index (χ0) is 16.4. The standard InChI is InChI=1S/C16H18N4O2S/c1-2-10-4-6-11(7-5-10)13(20-9-3-8-17-20)12-14(21)18-16(23)19-15(12)22/h3-9,13,16,18,21,23H,2H2,1H3,(H,19,22)/t13-,16-/m1/s1. The van der Waals surface area contributed by atoms with Gasteiger partial charge in [0.15, 0.2) is 5.88 Å². The van der Waals surface area contributed by atoms with Crippen molar-refractivity contribution in [3.05, 3.63) is 65.3 Å². The van der Waals surface area contributed by atoms with Crippen molar-refractivity contribution in [3.63, 3.8) is 0 Å². The van der Waals surface area contributed by atoms with Gasteiger partial charge in [-0.15, -0.1) is 12.6 Å². The van der Waals surface area contributed by atoms with E-state index in [9.17, 15) is 9.90 Å². The van der Waals surface area contributed by atoms with Gasteiger partial charge in [0.1, 0.15) is 17.1 Å². The van der Waals surface area contributed by atoms with Gasteiger partial charge in [0.2, 0.25) is 0 Å². The SMILES string of the molecule is CCc1ccc([C@H](C2=C(O)N[C@@H](S)NC2=O)n2cccn2)cc1. The summed E-state index contributed by atoms with van der Waals surface area (Å²) >= 11 is 4.12. The van der Waals surface area contributed by atoms with Gasteiger partial charge in [-0.1, -0.05) is 31.2 Å². The highest BCUT2D eigenvalue weighted by atomic mass is 32.1. The number of nitrogens with one attached hydrogen (secondary N) is 2. The Morgan fingerprint density at radius 2 is 2.09 bits per heavy atom. The van der Waals surface area contributed by atoms with Crippen LogP contribution in [0.1, 0.15) is 24.1 Å². The van der Waals surface area contributed by atoms with Crippen LogP contribution in [0.3, 0.4) is 0 Å². The molecule has 0 saturated heterocycles. The van der Waals surface area contributed by atoms with Gasteiger partial charge in [0.25, 0.3) is 5.91 Å². The van der Waals surface area contributed by atoms with E-state index < -0.39 is 11.5 Å². The van der Waals surface area contributed by atoms with Crippen molar-refractivity contribution in [1.29, 1.82) is 0 Å². The van der Waals surface area contributed by atoms with Crippen LogP contribution in [-0.4, -0.2) is 26.3 Å². The van der Waals surface area contributed by atoms with Gasteiger partial charge in [0.05, 0.1) is 0 Å². The van der Waals surface area contributed by atoms with E-state index in [1.54, 1.807) is 23.1 Å². The summed E-state index contributed by atoms with van der Waals surface area (Å²) in [5.74, 6) is -0.560. The van der Waals surface area contributed by atoms with Crippen LogP contribution < -0.4 is 10.6 Å². The zero-order valence-corrected chi connectivity index (χ0v) is 13.5. The highest BCUT2D eigenvalue weighted by Gasteiger charge is 2.33. The second-order valence-electron chi connectivity index (χ2n) is 5.27. The fraction of sp³-hybridized carbons (Fsp3) is 0.250. The molecular weight excluding hydrogens is 312 g/mol. The fourth-order valence-corrected chi connectivity index (χ4v) is 2.87. The molecule has 0 radical (unpaired) electrons. The maximum atomic E-state index is 12.4. The number of benzene rings is 1. The molecule has 1 amide bonds. The van der Waals surface area contributed by atoms with Gasteiger partial charge in [-0.2, -0.15) is 5.10 Å². The molecule has 1 aliphatic heterocycles. The maximum Gasteiger partial charge on any atom is 0.257 e. The molecule has 2 atom stereocenters. The Kier molecular flexibility index (Phi) is 4.29. The van der Waals surface area contributed by atoms with Crippen molar-refractivity contribution in [2.24, 2.45) is 0 Å². The molecule has 0 aliphatic carbocycles. The van der Waals surface area contributed by atoms with E-state index >= 15 is 0 Å². The first-order valence-corrected chi connectivity index (χ1v) is 7.88. The van der Waals surface area contributed by atoms with Gasteiger partial charge in [-0.05, 0) is 23.6 Å². The van der Waals surface area contributed by atoms with Crippen molar-refractivity contribution >= 4 is 18.5 Å². The first-order chi connectivity index (χ1) is 11.1. The van der Waals surface area contributed by atoms with E-state index in [1.807, 2.05) is 24.3 Å². The van der Waals surface area contributed by atoms with Crippen LogP contribution in [0.5, 0.6) is 0 Å². The number of aryl methyl sites for hydroxylation is 1. The summed E-state index contributed by atoms with van der Waals surface area (Å²) in [6.45, 7) is 2.08. The van der Waals surface area contributed by atoms with Gasteiger partial charge in [-0.3, -0.25) is 9.48 Å². The van der Waals surface area contributed by atoms with E-state index in [2.05, 4.69) is 35.3 Å². The summed E-state index contributed by atoms with van der Waals surface area (Å²) in [7, 11) is 0. The molecule has 2 aromatic rings. The third-order valence-corrected chi connectivity index (χ3v) is 4.07. The molecule has 120 valence electrons. The molecule has 7 heteroatoms. The maximum absolute atomic E-state index is 12.4. The van der Waals surface area contributed by atoms with E-state index in [4.69, 9.17) is 0 Å². The predicted octanol–water partition coefficient (Wildman–Crippen LogP) is 1.74. The lowest BCUT2D eigenvalue weighted by molar-refractivity contribution is -0.119. The number of carbonyl (C=O) groups is 1. The first kappa shape index (κ1) is 15.5. The summed E-state index contributed by atoms with van der Waals surface area (Å²) in [4.78, 5) is 12.4. The highest BCUT2D eigenvalue weighted by Crippen LogP contribution is 2.29. The van der Waals surface area contributed by atoms with Gasteiger partial charge >= 0.3 is 0 Å². The molecule has 0 fully saturated rings. The van der Waals surface area contributed by atoms with Gasteiger partial charge in [0, 0.05) is 12.4 Å². The number of carbonyl (C=O) groups excluding carboxylic acids is 1. The molecular formula is C16H18N4O2S. The molecule has 0 saturated carbocycles. The third-order valence-electron chi connectivity index (χ3n) is 3.81. The lowest BCUT2D eigenvalue weighted by atomic mass is 9.96. The molecule has 23 heavy (non-hydrogen) atoms. The number of aromatic nitrogens is 2. The molecule has 2 heterocycles. The average Bonchev–Trinajstić information content (AvgIpc) is 3.05. The lowest BCUT2D eigenvalue weighted by Gasteiger charge is -2.28. The molecule has 1 aliphatic rings. The molecule has 1 aromatic carbocycles. The third kappa shape index (κ3) is 3.05. The van der Waals surface area contributed by atoms with Crippen LogP contribution in [0.15, 0.2) is 54.2 Å². The van der Waals surface area contributed by atoms with E-state index in [0.29, 0.717) is 0 Å². The van der Waals surface area contributed by atoms with Crippen molar-refractivity contribution in [2.45, 2.75) is 24.9 Å². The van der Waals surface area contributed by atoms with E-state index in [1.165, 1.54) is 5.56 Å².